The number of benzene rings is 1. The van der Waals surface area contributed by atoms with E-state index in [-0.39, 0.29) is 0 Å². The molecule has 2 nitrogen and oxygen atoms in total. The number of piperidine rings is 1. The van der Waals surface area contributed by atoms with Gasteiger partial charge < -0.3 is 5.32 Å². The van der Waals surface area contributed by atoms with Crippen LogP contribution in [0.25, 0.3) is 0 Å². The standard InChI is InChI=1S/C15H22Cl2N2/c1-2-19(10-12-4-3-7-18-9-12)11-13-5-6-14(16)8-15(13)17/h5-6,8,12,18H,2-4,7,9-11H2,1H3. The van der Waals surface area contributed by atoms with Crippen molar-refractivity contribution in [1.82, 2.24) is 10.2 Å². The highest BCUT2D eigenvalue weighted by molar-refractivity contribution is 6.35. The molecule has 0 bridgehead atoms. The third kappa shape index (κ3) is 4.64. The average molecular weight is 301 g/mol. The molecule has 1 fully saturated rings. The number of hydrogen-bond donors (Lipinski definition) is 1. The molecule has 0 saturated carbocycles. The van der Waals surface area contributed by atoms with Gasteiger partial charge in [-0.15, -0.1) is 0 Å². The number of nitrogens with one attached hydrogen (secondary N) is 1. The fraction of sp³-hybridized carbons (Fsp3) is 0.600. The van der Waals surface area contributed by atoms with Gasteiger partial charge in [0.1, 0.15) is 0 Å². The molecule has 19 heavy (non-hydrogen) atoms. The normalized spacial score (nSPS) is 19.9. The minimum Gasteiger partial charge on any atom is -0.316 e. The summed E-state index contributed by atoms with van der Waals surface area (Å²) in [5.74, 6) is 0.764. The first-order chi connectivity index (χ1) is 9.19. The van der Waals surface area contributed by atoms with Gasteiger partial charge in [0.05, 0.1) is 0 Å². The van der Waals surface area contributed by atoms with Crippen molar-refractivity contribution in [3.63, 3.8) is 0 Å². The topological polar surface area (TPSA) is 15.3 Å². The molecule has 1 unspecified atom stereocenters. The quantitative estimate of drug-likeness (QED) is 0.889. The molecule has 0 aromatic heterocycles. The maximum Gasteiger partial charge on any atom is 0.0465 e. The van der Waals surface area contributed by atoms with E-state index in [1.807, 2.05) is 18.2 Å². The van der Waals surface area contributed by atoms with Crippen LogP contribution in [0.15, 0.2) is 18.2 Å². The zero-order valence-corrected chi connectivity index (χ0v) is 13.0. The highest BCUT2D eigenvalue weighted by Crippen LogP contribution is 2.23. The minimum absolute atomic E-state index is 0.702. The smallest absolute Gasteiger partial charge is 0.0465 e. The molecule has 106 valence electrons. The lowest BCUT2D eigenvalue weighted by Crippen LogP contribution is -2.38. The third-order valence-corrected chi connectivity index (χ3v) is 4.36. The van der Waals surface area contributed by atoms with Crippen LogP contribution in [0.2, 0.25) is 10.0 Å². The molecule has 0 spiro atoms. The van der Waals surface area contributed by atoms with Crippen molar-refractivity contribution in [2.45, 2.75) is 26.3 Å². The Morgan fingerprint density at radius 1 is 1.37 bits per heavy atom. The van der Waals surface area contributed by atoms with Gasteiger partial charge in [-0.25, -0.2) is 0 Å². The molecule has 4 heteroatoms. The van der Waals surface area contributed by atoms with E-state index in [1.165, 1.54) is 19.4 Å². The van der Waals surface area contributed by atoms with Gasteiger partial charge in [0.25, 0.3) is 0 Å². The SMILES string of the molecule is CCN(Cc1ccc(Cl)cc1Cl)CC1CCCNC1. The van der Waals surface area contributed by atoms with Gasteiger partial charge in [0, 0.05) is 23.1 Å². The molecule has 1 heterocycles. The molecule has 1 aliphatic rings. The Morgan fingerprint density at radius 3 is 2.84 bits per heavy atom. The fourth-order valence-electron chi connectivity index (χ4n) is 2.64. The van der Waals surface area contributed by atoms with Gasteiger partial charge >= 0.3 is 0 Å². The Balaban J connectivity index is 1.94. The Morgan fingerprint density at radius 2 is 2.21 bits per heavy atom. The number of nitrogens with zero attached hydrogens (tertiary/aromatic N) is 1. The lowest BCUT2D eigenvalue weighted by molar-refractivity contribution is 0.210. The molecule has 1 aromatic rings. The van der Waals surface area contributed by atoms with Crippen LogP contribution in [0, 0.1) is 5.92 Å². The monoisotopic (exact) mass is 300 g/mol. The van der Waals surface area contributed by atoms with Crippen LogP contribution in [-0.2, 0) is 6.54 Å². The van der Waals surface area contributed by atoms with E-state index in [1.54, 1.807) is 0 Å². The summed E-state index contributed by atoms with van der Waals surface area (Å²) < 4.78 is 0. The number of halogens is 2. The van der Waals surface area contributed by atoms with E-state index >= 15 is 0 Å². The van der Waals surface area contributed by atoms with Crippen molar-refractivity contribution in [2.75, 3.05) is 26.2 Å². The van der Waals surface area contributed by atoms with Crippen LogP contribution in [0.1, 0.15) is 25.3 Å². The predicted molar refractivity (Wildman–Crippen MR) is 83.0 cm³/mol. The van der Waals surface area contributed by atoms with Crippen molar-refractivity contribution >= 4 is 23.2 Å². The maximum atomic E-state index is 6.25. The summed E-state index contributed by atoms with van der Waals surface area (Å²) in [6.45, 7) is 7.62. The summed E-state index contributed by atoms with van der Waals surface area (Å²) in [5.41, 5.74) is 1.16. The van der Waals surface area contributed by atoms with Crippen molar-refractivity contribution in [3.05, 3.63) is 33.8 Å². The Hall–Kier alpha value is -0.280. The summed E-state index contributed by atoms with van der Waals surface area (Å²) in [6.07, 6.45) is 2.63. The van der Waals surface area contributed by atoms with Crippen LogP contribution in [0.5, 0.6) is 0 Å². The van der Waals surface area contributed by atoms with Crippen LogP contribution < -0.4 is 5.32 Å². The van der Waals surface area contributed by atoms with E-state index in [0.717, 1.165) is 42.7 Å². The molecule has 1 aliphatic heterocycles. The summed E-state index contributed by atoms with van der Waals surface area (Å²) in [5, 5.41) is 4.95. The Bertz CT molecular complexity index is 403. The second kappa shape index (κ2) is 7.49. The van der Waals surface area contributed by atoms with Gasteiger partial charge in [-0.3, -0.25) is 4.90 Å². The van der Waals surface area contributed by atoms with Gasteiger partial charge in [0.15, 0.2) is 0 Å². The molecule has 0 aliphatic carbocycles. The molecule has 1 N–H and O–H groups in total. The van der Waals surface area contributed by atoms with E-state index in [0.29, 0.717) is 5.02 Å². The zero-order valence-electron chi connectivity index (χ0n) is 11.5. The van der Waals surface area contributed by atoms with Crippen molar-refractivity contribution in [2.24, 2.45) is 5.92 Å². The molecule has 1 atom stereocenters. The summed E-state index contributed by atoms with van der Waals surface area (Å²) in [4.78, 5) is 2.47. The van der Waals surface area contributed by atoms with Crippen molar-refractivity contribution in [3.8, 4) is 0 Å². The maximum absolute atomic E-state index is 6.25. The Labute approximate surface area is 126 Å². The highest BCUT2D eigenvalue weighted by atomic mass is 35.5. The van der Waals surface area contributed by atoms with Gasteiger partial charge in [0.2, 0.25) is 0 Å². The first kappa shape index (κ1) is 15.1. The summed E-state index contributed by atoms with van der Waals surface area (Å²) >= 11 is 12.2. The lowest BCUT2D eigenvalue weighted by atomic mass is 9.99. The van der Waals surface area contributed by atoms with E-state index in [4.69, 9.17) is 23.2 Å². The second-order valence-electron chi connectivity index (χ2n) is 5.28. The van der Waals surface area contributed by atoms with E-state index in [2.05, 4.69) is 17.1 Å². The fourth-order valence-corrected chi connectivity index (χ4v) is 3.11. The second-order valence-corrected chi connectivity index (χ2v) is 6.12. The van der Waals surface area contributed by atoms with E-state index in [9.17, 15) is 0 Å². The highest BCUT2D eigenvalue weighted by Gasteiger charge is 2.17. The van der Waals surface area contributed by atoms with Gasteiger partial charge in [-0.1, -0.05) is 36.2 Å². The van der Waals surface area contributed by atoms with Crippen LogP contribution in [-0.4, -0.2) is 31.1 Å². The molecular weight excluding hydrogens is 279 g/mol. The first-order valence-electron chi connectivity index (χ1n) is 7.06. The Kier molecular flexibility index (Phi) is 5.96. The summed E-state index contributed by atoms with van der Waals surface area (Å²) in [7, 11) is 0. The molecule has 2 rings (SSSR count). The zero-order chi connectivity index (χ0) is 13.7. The largest absolute Gasteiger partial charge is 0.316 e. The predicted octanol–water partition coefficient (Wildman–Crippen LogP) is 3.81. The van der Waals surface area contributed by atoms with E-state index < -0.39 is 0 Å². The molecule has 1 saturated heterocycles. The lowest BCUT2D eigenvalue weighted by Gasteiger charge is -2.29. The van der Waals surface area contributed by atoms with Crippen molar-refractivity contribution < 1.29 is 0 Å². The van der Waals surface area contributed by atoms with Crippen molar-refractivity contribution in [1.29, 1.82) is 0 Å². The first-order valence-corrected chi connectivity index (χ1v) is 7.81. The number of rotatable bonds is 5. The molecular formula is C15H22Cl2N2. The molecule has 0 amide bonds. The summed E-state index contributed by atoms with van der Waals surface area (Å²) in [6, 6.07) is 5.78. The van der Waals surface area contributed by atoms with Crippen LogP contribution in [0.3, 0.4) is 0 Å². The third-order valence-electron chi connectivity index (χ3n) is 3.77. The number of hydrogen-bond acceptors (Lipinski definition) is 2. The van der Waals surface area contributed by atoms with Gasteiger partial charge in [-0.2, -0.15) is 0 Å². The van der Waals surface area contributed by atoms with Gasteiger partial charge in [-0.05, 0) is 56.1 Å². The van der Waals surface area contributed by atoms with Crippen LogP contribution >= 0.6 is 23.2 Å². The molecule has 1 aromatic carbocycles. The average Bonchev–Trinajstić information content (AvgIpc) is 2.42. The van der Waals surface area contributed by atoms with Crippen LogP contribution in [0.4, 0.5) is 0 Å². The minimum atomic E-state index is 0.702. The molecule has 0 radical (unpaired) electrons.